The Morgan fingerprint density at radius 3 is 2.81 bits per heavy atom. The van der Waals surface area contributed by atoms with Gasteiger partial charge in [-0.05, 0) is 56.6 Å². The van der Waals surface area contributed by atoms with Crippen LogP contribution in [0.25, 0.3) is 33.3 Å². The molecule has 1 aliphatic rings. The molecular weight excluding hydrogens is 324 g/mol. The summed E-state index contributed by atoms with van der Waals surface area (Å²) in [6, 6.07) is 11.5. The Kier molecular flexibility index (Phi) is 3.30. The first kappa shape index (κ1) is 15.4. The second-order valence-electron chi connectivity index (χ2n) is 7.37. The van der Waals surface area contributed by atoms with Gasteiger partial charge in [0.05, 0.1) is 0 Å². The van der Waals surface area contributed by atoms with Crippen LogP contribution in [-0.4, -0.2) is 37.9 Å². The lowest BCUT2D eigenvalue weighted by Crippen LogP contribution is -2.19. The number of nitrogens with zero attached hydrogens (tertiary/aromatic N) is 3. The number of hydrogen-bond donors (Lipinski definition) is 3. The molecular formula is C20H22N6. The van der Waals surface area contributed by atoms with Crippen LogP contribution in [0.5, 0.6) is 0 Å². The average Bonchev–Trinajstić information content (AvgIpc) is 3.26. The Balaban J connectivity index is 1.57. The Bertz CT molecular complexity index is 1120. The summed E-state index contributed by atoms with van der Waals surface area (Å²) in [5.74, 6) is 1.32. The van der Waals surface area contributed by atoms with E-state index in [-0.39, 0.29) is 0 Å². The van der Waals surface area contributed by atoms with E-state index in [1.54, 1.807) is 0 Å². The number of nitrogen functional groups attached to an aromatic ring is 1. The molecule has 0 aliphatic heterocycles. The molecule has 3 aromatic heterocycles. The van der Waals surface area contributed by atoms with Crippen molar-refractivity contribution in [3.8, 4) is 11.3 Å². The smallest absolute Gasteiger partial charge is 0.160 e. The van der Waals surface area contributed by atoms with Crippen LogP contribution in [0.15, 0.2) is 30.3 Å². The lowest BCUT2D eigenvalue weighted by molar-refractivity contribution is 0.316. The number of anilines is 1. The van der Waals surface area contributed by atoms with Gasteiger partial charge in [-0.3, -0.25) is 4.90 Å². The van der Waals surface area contributed by atoms with E-state index in [1.807, 2.05) is 13.0 Å². The fourth-order valence-electron chi connectivity index (χ4n) is 3.69. The maximum absolute atomic E-state index is 6.00. The number of rotatable bonds is 4. The van der Waals surface area contributed by atoms with E-state index in [9.17, 15) is 0 Å². The maximum Gasteiger partial charge on any atom is 0.160 e. The van der Waals surface area contributed by atoms with E-state index in [1.165, 1.54) is 23.8 Å². The number of pyridine rings is 1. The summed E-state index contributed by atoms with van der Waals surface area (Å²) in [7, 11) is 2.21. The first-order valence-electron chi connectivity index (χ1n) is 9.02. The molecule has 26 heavy (non-hydrogen) atoms. The topological polar surface area (TPSA) is 86.6 Å². The number of nitrogens with two attached hydrogens (primary N) is 1. The number of H-pyrrole nitrogens is 2. The van der Waals surface area contributed by atoms with Gasteiger partial charge in [0.25, 0.3) is 0 Å². The van der Waals surface area contributed by atoms with Gasteiger partial charge in [-0.15, -0.1) is 0 Å². The van der Waals surface area contributed by atoms with Crippen LogP contribution in [-0.2, 0) is 6.54 Å². The summed E-state index contributed by atoms with van der Waals surface area (Å²) in [5, 5.41) is 1.21. The minimum absolute atomic E-state index is 0.488. The van der Waals surface area contributed by atoms with Gasteiger partial charge < -0.3 is 15.7 Å². The van der Waals surface area contributed by atoms with Gasteiger partial charge in [-0.2, -0.15) is 0 Å². The van der Waals surface area contributed by atoms with Crippen LogP contribution in [0.1, 0.15) is 24.2 Å². The van der Waals surface area contributed by atoms with Gasteiger partial charge in [0.1, 0.15) is 17.2 Å². The van der Waals surface area contributed by atoms with Gasteiger partial charge in [0.2, 0.25) is 0 Å². The molecule has 0 spiro atoms. The van der Waals surface area contributed by atoms with E-state index in [2.05, 4.69) is 56.1 Å². The molecule has 1 aliphatic carbocycles. The summed E-state index contributed by atoms with van der Waals surface area (Å²) < 4.78 is 0. The monoisotopic (exact) mass is 346 g/mol. The normalized spacial score (nSPS) is 14.7. The number of aryl methyl sites for hydroxylation is 1. The van der Waals surface area contributed by atoms with Gasteiger partial charge in [-0.1, -0.05) is 6.07 Å². The zero-order chi connectivity index (χ0) is 17.8. The van der Waals surface area contributed by atoms with Gasteiger partial charge >= 0.3 is 0 Å². The number of nitrogens with one attached hydrogen (secondary N) is 2. The fourth-order valence-corrected chi connectivity index (χ4v) is 3.69. The molecule has 0 bridgehead atoms. The van der Waals surface area contributed by atoms with Gasteiger partial charge in [0.15, 0.2) is 5.65 Å². The van der Waals surface area contributed by atoms with Crippen LogP contribution >= 0.6 is 0 Å². The average molecular weight is 346 g/mol. The number of hydrogen-bond acceptors (Lipinski definition) is 4. The minimum Gasteiger partial charge on any atom is -0.384 e. The second kappa shape index (κ2) is 5.57. The molecule has 1 saturated carbocycles. The van der Waals surface area contributed by atoms with Crippen LogP contribution in [0, 0.1) is 6.92 Å². The Morgan fingerprint density at radius 1 is 1.15 bits per heavy atom. The summed E-state index contributed by atoms with van der Waals surface area (Å²) in [6.45, 7) is 2.92. The van der Waals surface area contributed by atoms with Gasteiger partial charge in [-0.25, -0.2) is 9.97 Å². The van der Waals surface area contributed by atoms with Crippen molar-refractivity contribution >= 4 is 27.9 Å². The standard InChI is InChI=1S/C20H22N6/c1-11-22-19-15(9-18(21)25-20(19)23-11)17-8-13-7-12(3-6-16(13)24-17)10-26(2)14-4-5-14/h3,6-9,14,24H,4-5,10H2,1-2H3,(H3,21,22,23,25). The van der Waals surface area contributed by atoms with E-state index >= 15 is 0 Å². The lowest BCUT2D eigenvalue weighted by atomic mass is 10.1. The highest BCUT2D eigenvalue weighted by molar-refractivity contribution is 5.95. The highest BCUT2D eigenvalue weighted by Crippen LogP contribution is 2.31. The van der Waals surface area contributed by atoms with Gasteiger partial charge in [0, 0.05) is 34.7 Å². The maximum atomic E-state index is 6.00. The molecule has 0 saturated heterocycles. The number of fused-ring (bicyclic) bond motifs is 2. The Labute approximate surface area is 151 Å². The van der Waals surface area contributed by atoms with E-state index in [0.717, 1.165) is 46.3 Å². The molecule has 4 N–H and O–H groups in total. The molecule has 4 aromatic rings. The van der Waals surface area contributed by atoms with Crippen molar-refractivity contribution in [2.45, 2.75) is 32.4 Å². The van der Waals surface area contributed by atoms with Crippen LogP contribution in [0.3, 0.4) is 0 Å². The molecule has 3 heterocycles. The molecule has 1 aromatic carbocycles. The fraction of sp³-hybridized carbons (Fsp3) is 0.300. The Morgan fingerprint density at radius 2 is 2.00 bits per heavy atom. The molecule has 6 heteroatoms. The zero-order valence-corrected chi connectivity index (χ0v) is 15.0. The van der Waals surface area contributed by atoms with Crippen molar-refractivity contribution in [1.82, 2.24) is 24.8 Å². The largest absolute Gasteiger partial charge is 0.384 e. The first-order chi connectivity index (χ1) is 12.6. The molecule has 1 fully saturated rings. The van der Waals surface area contributed by atoms with Crippen LogP contribution < -0.4 is 5.73 Å². The summed E-state index contributed by atoms with van der Waals surface area (Å²) in [5.41, 5.74) is 12.0. The van der Waals surface area contributed by atoms with Crippen LogP contribution in [0.4, 0.5) is 5.82 Å². The molecule has 0 unspecified atom stereocenters. The van der Waals surface area contributed by atoms with E-state index < -0.39 is 0 Å². The molecule has 132 valence electrons. The minimum atomic E-state index is 0.488. The highest BCUT2D eigenvalue weighted by Gasteiger charge is 2.25. The van der Waals surface area contributed by atoms with E-state index in [4.69, 9.17) is 5.73 Å². The SMILES string of the molecule is Cc1nc2c(-c3cc4cc(CN(C)C5CC5)ccc4[nH]3)cc(N)nc2[nH]1. The third-order valence-corrected chi connectivity index (χ3v) is 5.17. The third kappa shape index (κ3) is 2.63. The molecule has 0 atom stereocenters. The molecule has 6 nitrogen and oxygen atoms in total. The van der Waals surface area contributed by atoms with Crippen molar-refractivity contribution in [3.63, 3.8) is 0 Å². The molecule has 0 amide bonds. The number of aromatic nitrogens is 4. The highest BCUT2D eigenvalue weighted by atomic mass is 15.1. The number of imidazole rings is 1. The molecule has 0 radical (unpaired) electrons. The first-order valence-corrected chi connectivity index (χ1v) is 9.02. The Hall–Kier alpha value is -2.86. The van der Waals surface area contributed by atoms with Crippen LogP contribution in [0.2, 0.25) is 0 Å². The van der Waals surface area contributed by atoms with Crippen molar-refractivity contribution in [3.05, 3.63) is 41.7 Å². The zero-order valence-electron chi connectivity index (χ0n) is 15.0. The predicted octanol–water partition coefficient (Wildman–Crippen LogP) is 3.59. The predicted molar refractivity (Wildman–Crippen MR) is 105 cm³/mol. The quantitative estimate of drug-likeness (QED) is 0.527. The van der Waals surface area contributed by atoms with E-state index in [0.29, 0.717) is 5.82 Å². The lowest BCUT2D eigenvalue weighted by Gasteiger charge is -2.15. The summed E-state index contributed by atoms with van der Waals surface area (Å²) in [4.78, 5) is 18.0. The number of benzene rings is 1. The number of aromatic amines is 2. The van der Waals surface area contributed by atoms with Crippen molar-refractivity contribution in [2.75, 3.05) is 12.8 Å². The molecule has 5 rings (SSSR count). The second-order valence-corrected chi connectivity index (χ2v) is 7.37. The third-order valence-electron chi connectivity index (χ3n) is 5.17. The van der Waals surface area contributed by atoms with Crippen molar-refractivity contribution in [2.24, 2.45) is 0 Å². The van der Waals surface area contributed by atoms with Crippen molar-refractivity contribution < 1.29 is 0 Å². The van der Waals surface area contributed by atoms with Crippen molar-refractivity contribution in [1.29, 1.82) is 0 Å². The summed E-state index contributed by atoms with van der Waals surface area (Å²) >= 11 is 0. The summed E-state index contributed by atoms with van der Waals surface area (Å²) in [6.07, 6.45) is 2.66.